The smallest absolute Gasteiger partial charge is 0.414 e. The number of anilines is 2. The van der Waals surface area contributed by atoms with Gasteiger partial charge in [0.15, 0.2) is 8.38 Å². The maximum absolute atomic E-state index is 14.8. The average molecular weight is 588 g/mol. The van der Waals surface area contributed by atoms with Gasteiger partial charge in [0.1, 0.15) is 23.1 Å². The van der Waals surface area contributed by atoms with E-state index in [-0.39, 0.29) is 25.3 Å². The SMILES string of the molecule is O=C(NC[C@H]1CN(c2ccc(N3CCSCC3)c(F)c2)C(=O)O1)Oc1ccc(CC(P(O)O)[PH](=O)O)cc1. The number of halogens is 1. The van der Waals surface area contributed by atoms with Crippen LogP contribution in [0.2, 0.25) is 0 Å². The van der Waals surface area contributed by atoms with Gasteiger partial charge < -0.3 is 34.4 Å². The van der Waals surface area contributed by atoms with Crippen LogP contribution in [0.4, 0.5) is 25.4 Å². The summed E-state index contributed by atoms with van der Waals surface area (Å²) >= 11 is 1.83. The molecule has 2 aliphatic heterocycles. The maximum atomic E-state index is 14.8. The number of carbonyl (C=O) groups excluding carboxylic acids is 2. The molecule has 0 saturated carbocycles. The molecule has 2 aromatic rings. The van der Waals surface area contributed by atoms with Gasteiger partial charge in [-0.2, -0.15) is 11.8 Å². The molecular weight excluding hydrogens is 559 g/mol. The quantitative estimate of drug-likeness (QED) is 0.323. The van der Waals surface area contributed by atoms with Gasteiger partial charge in [0.2, 0.25) is 8.03 Å². The standard InChI is InChI=1S/C23H28FN3O8P2S/c24-19-12-16(3-6-20(19)26-7-9-38-10-8-26)27-14-18(35-23(27)29)13-25-22(28)34-17-4-1-15(2-5-17)11-21(36(30)31)37(32)33/h1-6,12,18,21,30-31,37H,7-11,13-14H2,(H,25,28)(H,32,33)/t18-,21?/m0/s1. The molecule has 2 unspecified atom stereocenters. The Kier molecular flexibility index (Phi) is 9.86. The Morgan fingerprint density at radius 1 is 1.24 bits per heavy atom. The van der Waals surface area contributed by atoms with Crippen LogP contribution in [0.15, 0.2) is 42.5 Å². The Bertz CT molecular complexity index is 1170. The zero-order valence-electron chi connectivity index (χ0n) is 20.2. The summed E-state index contributed by atoms with van der Waals surface area (Å²) in [5, 5.41) is 1.39. The third-order valence-corrected chi connectivity index (χ3v) is 9.88. The van der Waals surface area contributed by atoms with E-state index >= 15 is 0 Å². The van der Waals surface area contributed by atoms with Crippen LogP contribution in [-0.4, -0.2) is 76.1 Å². The van der Waals surface area contributed by atoms with E-state index < -0.39 is 45.9 Å². The van der Waals surface area contributed by atoms with Gasteiger partial charge in [0.05, 0.1) is 24.5 Å². The molecule has 206 valence electrons. The molecule has 0 spiro atoms. The van der Waals surface area contributed by atoms with Crippen LogP contribution in [0.5, 0.6) is 5.75 Å². The Balaban J connectivity index is 1.26. The van der Waals surface area contributed by atoms with Crippen LogP contribution < -0.4 is 19.9 Å². The molecule has 2 aliphatic rings. The fourth-order valence-electron chi connectivity index (χ4n) is 4.09. The predicted molar refractivity (Wildman–Crippen MR) is 144 cm³/mol. The second-order valence-electron chi connectivity index (χ2n) is 8.64. The monoisotopic (exact) mass is 587 g/mol. The highest BCUT2D eigenvalue weighted by Gasteiger charge is 2.33. The number of nitrogens with one attached hydrogen (secondary N) is 1. The number of rotatable bonds is 9. The molecule has 4 N–H and O–H groups in total. The van der Waals surface area contributed by atoms with E-state index in [1.165, 1.54) is 23.1 Å². The van der Waals surface area contributed by atoms with Crippen molar-refractivity contribution in [3.05, 3.63) is 53.8 Å². The van der Waals surface area contributed by atoms with E-state index in [1.807, 2.05) is 16.7 Å². The summed E-state index contributed by atoms with van der Waals surface area (Å²) in [6.07, 6.45) is -2.09. The molecule has 0 bridgehead atoms. The second kappa shape index (κ2) is 13.1. The van der Waals surface area contributed by atoms with Crippen molar-refractivity contribution in [3.8, 4) is 5.75 Å². The number of carbonyl (C=O) groups is 2. The second-order valence-corrected chi connectivity index (χ2v) is 13.0. The number of amides is 2. The van der Waals surface area contributed by atoms with Crippen molar-refractivity contribution in [2.24, 2.45) is 0 Å². The molecule has 0 radical (unpaired) electrons. The first-order chi connectivity index (χ1) is 18.2. The molecule has 15 heteroatoms. The Morgan fingerprint density at radius 2 is 1.95 bits per heavy atom. The molecule has 2 aromatic carbocycles. The van der Waals surface area contributed by atoms with Crippen molar-refractivity contribution in [3.63, 3.8) is 0 Å². The number of ether oxygens (including phenoxy) is 2. The minimum atomic E-state index is -3.13. The number of nitrogens with zero attached hydrogens (tertiary/aromatic N) is 2. The van der Waals surface area contributed by atoms with Gasteiger partial charge in [0, 0.05) is 24.6 Å². The summed E-state index contributed by atoms with van der Waals surface area (Å²) in [7, 11) is -5.68. The van der Waals surface area contributed by atoms with Gasteiger partial charge in [-0.1, -0.05) is 12.1 Å². The topological polar surface area (TPSA) is 149 Å². The zero-order chi connectivity index (χ0) is 27.2. The van der Waals surface area contributed by atoms with E-state index in [2.05, 4.69) is 5.32 Å². The van der Waals surface area contributed by atoms with Gasteiger partial charge in [-0.25, -0.2) is 14.0 Å². The molecule has 3 atom stereocenters. The summed E-state index contributed by atoms with van der Waals surface area (Å²) < 4.78 is 36.6. The van der Waals surface area contributed by atoms with Gasteiger partial charge in [0.25, 0.3) is 0 Å². The Labute approximate surface area is 224 Å². The molecular formula is C23H28FN3O8P2S. The molecule has 0 aromatic heterocycles. The van der Waals surface area contributed by atoms with Crippen molar-refractivity contribution in [1.82, 2.24) is 5.32 Å². The van der Waals surface area contributed by atoms with E-state index in [9.17, 15) is 33.2 Å². The van der Waals surface area contributed by atoms with E-state index in [4.69, 9.17) is 9.47 Å². The molecule has 2 fully saturated rings. The molecule has 11 nitrogen and oxygen atoms in total. The summed E-state index contributed by atoms with van der Waals surface area (Å²) in [6, 6.07) is 10.7. The molecule has 0 aliphatic carbocycles. The average Bonchev–Trinajstić information content (AvgIpc) is 3.27. The van der Waals surface area contributed by atoms with Crippen LogP contribution >= 0.6 is 28.2 Å². The molecule has 2 saturated heterocycles. The number of benzene rings is 2. The fraction of sp³-hybridized carbons (Fsp3) is 0.391. The summed E-state index contributed by atoms with van der Waals surface area (Å²) in [5.41, 5.74) is 1.45. The lowest BCUT2D eigenvalue weighted by atomic mass is 10.2. The number of cyclic esters (lactones) is 1. The minimum Gasteiger partial charge on any atom is -0.442 e. The van der Waals surface area contributed by atoms with Crippen LogP contribution in [0.1, 0.15) is 5.56 Å². The highest BCUT2D eigenvalue weighted by atomic mass is 32.2. The van der Waals surface area contributed by atoms with E-state index in [0.29, 0.717) is 16.9 Å². The van der Waals surface area contributed by atoms with Gasteiger partial charge >= 0.3 is 12.2 Å². The van der Waals surface area contributed by atoms with E-state index in [0.717, 1.165) is 24.6 Å². The van der Waals surface area contributed by atoms with E-state index in [1.54, 1.807) is 24.3 Å². The van der Waals surface area contributed by atoms with Crippen LogP contribution in [-0.2, 0) is 15.7 Å². The Hall–Kier alpha value is -2.40. The highest BCUT2D eigenvalue weighted by molar-refractivity contribution is 7.99. The van der Waals surface area contributed by atoms with Crippen LogP contribution in [0.3, 0.4) is 0 Å². The largest absolute Gasteiger partial charge is 0.442 e. The number of thioether (sulfide) groups is 1. The third kappa shape index (κ3) is 7.37. The number of hydrogen-bond donors (Lipinski definition) is 4. The van der Waals surface area contributed by atoms with Crippen molar-refractivity contribution >= 4 is 51.7 Å². The van der Waals surface area contributed by atoms with Crippen molar-refractivity contribution < 1.29 is 42.7 Å². The van der Waals surface area contributed by atoms with Crippen LogP contribution in [0, 0.1) is 5.82 Å². The molecule has 38 heavy (non-hydrogen) atoms. The maximum Gasteiger partial charge on any atom is 0.414 e. The fourth-order valence-corrected chi connectivity index (χ4v) is 6.57. The molecule has 2 amide bonds. The van der Waals surface area contributed by atoms with Gasteiger partial charge in [-0.05, 0) is 42.3 Å². The lowest BCUT2D eigenvalue weighted by molar-refractivity contribution is 0.137. The highest BCUT2D eigenvalue weighted by Crippen LogP contribution is 2.46. The van der Waals surface area contributed by atoms with Gasteiger partial charge in [-0.3, -0.25) is 9.46 Å². The summed E-state index contributed by atoms with van der Waals surface area (Å²) in [5.74, 6) is 1.66. The zero-order valence-corrected chi connectivity index (χ0v) is 22.9. The predicted octanol–water partition coefficient (Wildman–Crippen LogP) is 3.12. The lowest BCUT2D eigenvalue weighted by Gasteiger charge is -2.29. The third-order valence-electron chi connectivity index (χ3n) is 6.07. The van der Waals surface area contributed by atoms with Crippen molar-refractivity contribution in [2.75, 3.05) is 47.5 Å². The van der Waals surface area contributed by atoms with Crippen molar-refractivity contribution in [2.45, 2.75) is 17.9 Å². The Morgan fingerprint density at radius 3 is 2.58 bits per heavy atom. The normalized spacial score (nSPS) is 19.3. The number of hydrogen-bond acceptors (Lipinski definition) is 9. The first-order valence-corrected chi connectivity index (χ1v) is 15.7. The summed E-state index contributed by atoms with van der Waals surface area (Å²) in [4.78, 5) is 55.7. The van der Waals surface area contributed by atoms with Crippen molar-refractivity contribution in [1.29, 1.82) is 0 Å². The van der Waals surface area contributed by atoms with Gasteiger partial charge in [-0.15, -0.1) is 0 Å². The van der Waals surface area contributed by atoms with Crippen LogP contribution in [0.25, 0.3) is 0 Å². The first-order valence-electron chi connectivity index (χ1n) is 11.8. The minimum absolute atomic E-state index is 0.00688. The molecule has 4 rings (SSSR count). The lowest BCUT2D eigenvalue weighted by Crippen LogP contribution is -2.36. The molecule has 2 heterocycles. The summed E-state index contributed by atoms with van der Waals surface area (Å²) in [6.45, 7) is 1.64. The first kappa shape index (κ1) is 28.6.